The maximum Gasteiger partial charge on any atom is 0.247 e. The monoisotopic (exact) mass is 321 g/mol. The van der Waals surface area contributed by atoms with Crippen molar-refractivity contribution in [1.29, 1.82) is 0 Å². The van der Waals surface area contributed by atoms with Gasteiger partial charge in [-0.25, -0.2) is 0 Å². The Kier molecular flexibility index (Phi) is 4.05. The van der Waals surface area contributed by atoms with Gasteiger partial charge in [-0.15, -0.1) is 0 Å². The highest BCUT2D eigenvalue weighted by Crippen LogP contribution is 2.27. The van der Waals surface area contributed by atoms with E-state index >= 15 is 0 Å². The van der Waals surface area contributed by atoms with Gasteiger partial charge in [0.05, 0.1) is 13.2 Å². The fourth-order valence-electron chi connectivity index (χ4n) is 3.01. The predicted molar refractivity (Wildman–Crippen MR) is 94.4 cm³/mol. The van der Waals surface area contributed by atoms with Crippen LogP contribution in [0.5, 0.6) is 5.75 Å². The molecule has 4 rings (SSSR count). The smallest absolute Gasteiger partial charge is 0.247 e. The summed E-state index contributed by atoms with van der Waals surface area (Å²) >= 11 is 0. The van der Waals surface area contributed by atoms with E-state index in [-0.39, 0.29) is 5.56 Å². The first kappa shape index (κ1) is 15.0. The number of hydrogen-bond donors (Lipinski definition) is 1. The Balaban J connectivity index is 1.59. The van der Waals surface area contributed by atoms with Gasteiger partial charge in [-0.2, -0.15) is 0 Å². The van der Waals surface area contributed by atoms with Crippen molar-refractivity contribution >= 4 is 10.8 Å². The number of pyridine rings is 1. The van der Waals surface area contributed by atoms with Crippen molar-refractivity contribution in [1.82, 2.24) is 4.98 Å². The molecule has 4 nitrogen and oxygen atoms in total. The van der Waals surface area contributed by atoms with Crippen LogP contribution in [-0.4, -0.2) is 24.8 Å². The topological polar surface area (TPSA) is 51.3 Å². The molecule has 1 aliphatic rings. The van der Waals surface area contributed by atoms with E-state index in [1.54, 1.807) is 12.3 Å². The molecule has 1 unspecified atom stereocenters. The second-order valence-corrected chi connectivity index (χ2v) is 6.21. The lowest BCUT2D eigenvalue weighted by atomic mass is 10.0. The van der Waals surface area contributed by atoms with Crippen LogP contribution in [0.1, 0.15) is 6.42 Å². The van der Waals surface area contributed by atoms with Gasteiger partial charge in [-0.1, -0.05) is 18.2 Å². The van der Waals surface area contributed by atoms with Gasteiger partial charge in [0, 0.05) is 24.8 Å². The van der Waals surface area contributed by atoms with Crippen molar-refractivity contribution in [3.63, 3.8) is 0 Å². The summed E-state index contributed by atoms with van der Waals surface area (Å²) in [5, 5.41) is 2.29. The molecular weight excluding hydrogens is 302 g/mol. The third-order valence-electron chi connectivity index (χ3n) is 4.44. The maximum absolute atomic E-state index is 11.2. The van der Waals surface area contributed by atoms with E-state index in [4.69, 9.17) is 9.47 Å². The predicted octanol–water partition coefficient (Wildman–Crippen LogP) is 3.61. The lowest BCUT2D eigenvalue weighted by Crippen LogP contribution is -2.11. The van der Waals surface area contributed by atoms with Gasteiger partial charge in [0.2, 0.25) is 5.56 Å². The molecule has 0 aliphatic carbocycles. The zero-order chi connectivity index (χ0) is 16.4. The minimum atomic E-state index is -0.0916. The number of fused-ring (bicyclic) bond motifs is 1. The first-order valence-electron chi connectivity index (χ1n) is 8.21. The van der Waals surface area contributed by atoms with Gasteiger partial charge in [-0.05, 0) is 52.6 Å². The molecule has 24 heavy (non-hydrogen) atoms. The second kappa shape index (κ2) is 6.49. The summed E-state index contributed by atoms with van der Waals surface area (Å²) in [6.45, 7) is 2.34. The van der Waals surface area contributed by atoms with E-state index in [0.29, 0.717) is 12.5 Å². The van der Waals surface area contributed by atoms with Crippen LogP contribution < -0.4 is 10.3 Å². The molecular formula is C20H19NO3. The van der Waals surface area contributed by atoms with Crippen molar-refractivity contribution in [2.24, 2.45) is 5.92 Å². The van der Waals surface area contributed by atoms with Crippen LogP contribution >= 0.6 is 0 Å². The zero-order valence-electron chi connectivity index (χ0n) is 13.3. The summed E-state index contributed by atoms with van der Waals surface area (Å²) in [4.78, 5) is 13.9. The van der Waals surface area contributed by atoms with Gasteiger partial charge in [0.1, 0.15) is 5.75 Å². The van der Waals surface area contributed by atoms with Crippen LogP contribution in [0.4, 0.5) is 0 Å². The van der Waals surface area contributed by atoms with Crippen LogP contribution in [0.3, 0.4) is 0 Å². The molecule has 0 bridgehead atoms. The summed E-state index contributed by atoms with van der Waals surface area (Å²) in [7, 11) is 0. The molecule has 1 saturated heterocycles. The lowest BCUT2D eigenvalue weighted by molar-refractivity contribution is 0.167. The Labute approximate surface area is 140 Å². The van der Waals surface area contributed by atoms with Crippen LogP contribution in [-0.2, 0) is 4.74 Å². The fraction of sp³-hybridized carbons (Fsp3) is 0.250. The van der Waals surface area contributed by atoms with Crippen LogP contribution in [0.25, 0.3) is 21.9 Å². The van der Waals surface area contributed by atoms with Crippen LogP contribution in [0.15, 0.2) is 59.5 Å². The molecule has 0 radical (unpaired) electrons. The maximum atomic E-state index is 11.2. The highest BCUT2D eigenvalue weighted by Gasteiger charge is 2.16. The third-order valence-corrected chi connectivity index (χ3v) is 4.44. The average molecular weight is 321 g/mol. The van der Waals surface area contributed by atoms with Gasteiger partial charge >= 0.3 is 0 Å². The molecule has 4 heteroatoms. The fourth-order valence-corrected chi connectivity index (χ4v) is 3.01. The number of benzene rings is 2. The number of nitrogens with one attached hydrogen (secondary N) is 1. The molecule has 0 amide bonds. The van der Waals surface area contributed by atoms with E-state index in [2.05, 4.69) is 35.3 Å². The number of H-pyrrole nitrogens is 1. The Hall–Kier alpha value is -2.59. The Morgan fingerprint density at radius 2 is 1.92 bits per heavy atom. The Bertz CT molecular complexity index is 890. The van der Waals surface area contributed by atoms with E-state index < -0.39 is 0 Å². The quantitative estimate of drug-likeness (QED) is 0.798. The molecule has 0 spiro atoms. The van der Waals surface area contributed by atoms with Crippen molar-refractivity contribution in [2.45, 2.75) is 6.42 Å². The van der Waals surface area contributed by atoms with E-state index in [0.717, 1.165) is 41.9 Å². The van der Waals surface area contributed by atoms with Crippen molar-refractivity contribution in [3.8, 4) is 16.9 Å². The van der Waals surface area contributed by atoms with E-state index in [1.165, 1.54) is 5.39 Å². The highest BCUT2D eigenvalue weighted by molar-refractivity contribution is 5.88. The lowest BCUT2D eigenvalue weighted by Gasteiger charge is -2.11. The van der Waals surface area contributed by atoms with E-state index in [9.17, 15) is 4.79 Å². The Morgan fingerprint density at radius 3 is 2.71 bits per heavy atom. The number of aromatic nitrogens is 1. The van der Waals surface area contributed by atoms with Crippen LogP contribution in [0, 0.1) is 5.92 Å². The van der Waals surface area contributed by atoms with Gasteiger partial charge in [-0.3, -0.25) is 4.79 Å². The minimum absolute atomic E-state index is 0.0916. The molecule has 122 valence electrons. The molecule has 1 N–H and O–H groups in total. The summed E-state index contributed by atoms with van der Waals surface area (Å²) in [5.41, 5.74) is 1.97. The highest BCUT2D eigenvalue weighted by atomic mass is 16.5. The number of hydrogen-bond acceptors (Lipinski definition) is 3. The van der Waals surface area contributed by atoms with Crippen molar-refractivity contribution in [2.75, 3.05) is 19.8 Å². The first-order valence-corrected chi connectivity index (χ1v) is 8.21. The third kappa shape index (κ3) is 3.19. The summed E-state index contributed by atoms with van der Waals surface area (Å²) < 4.78 is 11.3. The van der Waals surface area contributed by atoms with Crippen molar-refractivity contribution in [3.05, 3.63) is 65.1 Å². The molecule has 1 aliphatic heterocycles. The molecule has 0 saturated carbocycles. The average Bonchev–Trinajstić information content (AvgIpc) is 3.13. The SMILES string of the molecule is O=c1ccc(-c2ccc3ccc(OCC4CCOC4)cc3c2)c[nH]1. The number of ether oxygens (including phenoxy) is 2. The largest absolute Gasteiger partial charge is 0.493 e. The number of aromatic amines is 1. The standard InChI is InChI=1S/C20H19NO3/c22-20-6-4-17(11-21-20)16-2-1-15-3-5-19(10-18(15)9-16)24-13-14-7-8-23-12-14/h1-6,9-11,14H,7-8,12-13H2,(H,21,22). The molecule has 1 aromatic heterocycles. The second-order valence-electron chi connectivity index (χ2n) is 6.21. The minimum Gasteiger partial charge on any atom is -0.493 e. The van der Waals surface area contributed by atoms with Crippen molar-refractivity contribution < 1.29 is 9.47 Å². The molecule has 1 atom stereocenters. The molecule has 1 fully saturated rings. The first-order chi connectivity index (χ1) is 11.8. The zero-order valence-corrected chi connectivity index (χ0v) is 13.3. The summed E-state index contributed by atoms with van der Waals surface area (Å²) in [6, 6.07) is 15.8. The van der Waals surface area contributed by atoms with E-state index in [1.807, 2.05) is 12.1 Å². The summed E-state index contributed by atoms with van der Waals surface area (Å²) in [6.07, 6.45) is 2.81. The summed E-state index contributed by atoms with van der Waals surface area (Å²) in [5.74, 6) is 1.38. The molecule has 2 heterocycles. The normalized spacial score (nSPS) is 17.2. The molecule has 2 aromatic carbocycles. The Morgan fingerprint density at radius 1 is 1.04 bits per heavy atom. The molecule has 3 aromatic rings. The van der Waals surface area contributed by atoms with Gasteiger partial charge in [0.15, 0.2) is 0 Å². The van der Waals surface area contributed by atoms with Gasteiger partial charge in [0.25, 0.3) is 0 Å². The van der Waals surface area contributed by atoms with Crippen LogP contribution in [0.2, 0.25) is 0 Å². The van der Waals surface area contributed by atoms with Gasteiger partial charge < -0.3 is 14.5 Å². The number of rotatable bonds is 4.